The fourth-order valence-electron chi connectivity index (χ4n) is 1.54. The summed E-state index contributed by atoms with van der Waals surface area (Å²) in [6, 6.07) is 4.95. The van der Waals surface area contributed by atoms with Crippen molar-refractivity contribution in [3.63, 3.8) is 0 Å². The van der Waals surface area contributed by atoms with Gasteiger partial charge in [-0.25, -0.2) is 4.98 Å². The van der Waals surface area contributed by atoms with Crippen LogP contribution in [-0.2, 0) is 0 Å². The number of nitrogens with zero attached hydrogens (tertiary/aromatic N) is 1. The lowest BCUT2D eigenvalue weighted by Gasteiger charge is -2.06. The van der Waals surface area contributed by atoms with Crippen LogP contribution in [0.25, 0.3) is 10.9 Å². The number of aryl methyl sites for hydroxylation is 1. The first-order valence-corrected chi connectivity index (χ1v) is 5.30. The van der Waals surface area contributed by atoms with Crippen molar-refractivity contribution in [3.05, 3.63) is 33.8 Å². The third kappa shape index (κ3) is 1.67. The van der Waals surface area contributed by atoms with E-state index in [1.165, 1.54) is 6.07 Å². The average molecular weight is 284 g/mol. The molecule has 1 aromatic carbocycles. The quantitative estimate of drug-likeness (QED) is 0.793. The van der Waals surface area contributed by atoms with Crippen molar-refractivity contribution in [3.8, 4) is 5.88 Å². The van der Waals surface area contributed by atoms with Gasteiger partial charge >= 0.3 is 0 Å². The molecule has 0 radical (unpaired) electrons. The van der Waals surface area contributed by atoms with E-state index in [4.69, 9.17) is 0 Å². The Morgan fingerprint density at radius 3 is 2.88 bits per heavy atom. The molecule has 0 saturated carbocycles. The van der Waals surface area contributed by atoms with E-state index in [9.17, 15) is 9.32 Å². The first kappa shape index (κ1) is 11.0. The molecule has 0 bridgehead atoms. The van der Waals surface area contributed by atoms with Crippen LogP contribution in [0.15, 0.2) is 22.7 Å². The van der Waals surface area contributed by atoms with Gasteiger partial charge in [-0.05, 0) is 34.5 Å². The Balaban J connectivity index is 2.85. The van der Waals surface area contributed by atoms with Gasteiger partial charge in [-0.3, -0.25) is 9.74 Å². The number of pyridine rings is 1. The van der Waals surface area contributed by atoms with Gasteiger partial charge in [0.25, 0.3) is 5.88 Å². The standard InChI is InChI=1S/C11H7BrFNO2/c1-6-4-9(16-13)14-11-8(6)3-2-7(5-15)10(11)12/h2-5H,1H3. The number of carbonyl (C=O) groups excluding carboxylic acids is 1. The predicted molar refractivity (Wildman–Crippen MR) is 61.3 cm³/mol. The Morgan fingerprint density at radius 2 is 2.25 bits per heavy atom. The van der Waals surface area contributed by atoms with Crippen LogP contribution < -0.4 is 4.94 Å². The van der Waals surface area contributed by atoms with Crippen LogP contribution in [0.5, 0.6) is 5.88 Å². The van der Waals surface area contributed by atoms with E-state index in [1.54, 1.807) is 12.1 Å². The molecule has 5 heteroatoms. The Labute approximate surface area is 99.3 Å². The maximum absolute atomic E-state index is 12.1. The summed E-state index contributed by atoms with van der Waals surface area (Å²) in [5, 5.41) is 0.846. The Hall–Kier alpha value is -1.49. The summed E-state index contributed by atoms with van der Waals surface area (Å²) in [7, 11) is 0. The fourth-order valence-corrected chi connectivity index (χ4v) is 2.07. The number of fused-ring (bicyclic) bond motifs is 1. The Kier molecular flexibility index (Phi) is 2.87. The van der Waals surface area contributed by atoms with E-state index >= 15 is 0 Å². The maximum Gasteiger partial charge on any atom is 0.263 e. The summed E-state index contributed by atoms with van der Waals surface area (Å²) < 4.78 is 12.6. The zero-order valence-corrected chi connectivity index (χ0v) is 9.92. The molecule has 82 valence electrons. The fraction of sp³-hybridized carbons (Fsp3) is 0.0909. The molecule has 0 fully saturated rings. The summed E-state index contributed by atoms with van der Waals surface area (Å²) in [6.07, 6.45) is 0.712. The van der Waals surface area contributed by atoms with Gasteiger partial charge in [-0.1, -0.05) is 6.07 Å². The molecule has 2 aromatic rings. The number of benzene rings is 1. The maximum atomic E-state index is 12.1. The molecule has 0 atom stereocenters. The van der Waals surface area contributed by atoms with Crippen LogP contribution in [0.1, 0.15) is 15.9 Å². The monoisotopic (exact) mass is 283 g/mol. The van der Waals surface area contributed by atoms with Crippen LogP contribution in [0.2, 0.25) is 0 Å². The normalized spacial score (nSPS) is 10.4. The summed E-state index contributed by atoms with van der Waals surface area (Å²) in [5.41, 5.74) is 1.81. The molecule has 0 N–H and O–H groups in total. The molecule has 0 spiro atoms. The lowest BCUT2D eigenvalue weighted by Crippen LogP contribution is -1.92. The molecule has 0 unspecified atom stereocenters. The highest BCUT2D eigenvalue weighted by atomic mass is 79.9. The summed E-state index contributed by atoms with van der Waals surface area (Å²) in [5.74, 6) is -0.117. The minimum Gasteiger partial charge on any atom is -0.298 e. The lowest BCUT2D eigenvalue weighted by molar-refractivity contribution is -0.0115. The number of halogens is 2. The summed E-state index contributed by atoms with van der Waals surface area (Å²) in [4.78, 5) is 18.3. The molecule has 16 heavy (non-hydrogen) atoms. The van der Waals surface area contributed by atoms with Crippen molar-refractivity contribution in [1.82, 2.24) is 4.98 Å². The zero-order valence-electron chi connectivity index (χ0n) is 8.33. The third-order valence-corrected chi connectivity index (χ3v) is 3.17. The molecular formula is C11H7BrFNO2. The van der Waals surface area contributed by atoms with Gasteiger partial charge in [0, 0.05) is 21.5 Å². The minimum absolute atomic E-state index is 0.117. The Morgan fingerprint density at radius 1 is 1.50 bits per heavy atom. The second kappa shape index (κ2) is 4.17. The summed E-state index contributed by atoms with van der Waals surface area (Å²) in [6.45, 7) is 1.82. The Bertz CT molecular complexity index is 571. The number of rotatable bonds is 2. The molecule has 0 aliphatic rings. The molecular weight excluding hydrogens is 277 g/mol. The predicted octanol–water partition coefficient (Wildman–Crippen LogP) is 3.38. The number of hydrogen-bond acceptors (Lipinski definition) is 3. The molecule has 0 aliphatic carbocycles. The van der Waals surface area contributed by atoms with Crippen molar-refractivity contribution in [1.29, 1.82) is 0 Å². The number of carbonyl (C=O) groups is 1. The van der Waals surface area contributed by atoms with E-state index in [-0.39, 0.29) is 5.88 Å². The van der Waals surface area contributed by atoms with Crippen molar-refractivity contribution in [2.75, 3.05) is 0 Å². The number of hydrogen-bond donors (Lipinski definition) is 0. The van der Waals surface area contributed by atoms with Crippen LogP contribution in [-0.4, -0.2) is 11.3 Å². The summed E-state index contributed by atoms with van der Waals surface area (Å²) >= 11 is 3.27. The highest BCUT2D eigenvalue weighted by Gasteiger charge is 2.10. The molecule has 3 nitrogen and oxygen atoms in total. The van der Waals surface area contributed by atoms with Gasteiger partial charge in [0.2, 0.25) is 0 Å². The van der Waals surface area contributed by atoms with Crippen LogP contribution in [0.4, 0.5) is 4.53 Å². The van der Waals surface area contributed by atoms with E-state index in [0.29, 0.717) is 21.8 Å². The van der Waals surface area contributed by atoms with Crippen molar-refractivity contribution in [2.24, 2.45) is 0 Å². The second-order valence-corrected chi connectivity index (χ2v) is 4.13. The van der Waals surface area contributed by atoms with Crippen LogP contribution in [0.3, 0.4) is 0 Å². The van der Waals surface area contributed by atoms with E-state index in [0.717, 1.165) is 10.9 Å². The van der Waals surface area contributed by atoms with Gasteiger partial charge in [0.15, 0.2) is 6.29 Å². The van der Waals surface area contributed by atoms with Gasteiger partial charge < -0.3 is 0 Å². The van der Waals surface area contributed by atoms with Crippen molar-refractivity contribution < 1.29 is 14.3 Å². The highest BCUT2D eigenvalue weighted by Crippen LogP contribution is 2.29. The number of aldehydes is 1. The zero-order chi connectivity index (χ0) is 11.7. The average Bonchev–Trinajstić information content (AvgIpc) is 2.30. The second-order valence-electron chi connectivity index (χ2n) is 3.34. The van der Waals surface area contributed by atoms with Crippen LogP contribution in [0, 0.1) is 6.92 Å². The molecule has 0 aliphatic heterocycles. The molecule has 2 rings (SSSR count). The molecule has 0 amide bonds. The largest absolute Gasteiger partial charge is 0.298 e. The van der Waals surface area contributed by atoms with Gasteiger partial charge in [0.1, 0.15) is 0 Å². The number of aromatic nitrogens is 1. The van der Waals surface area contributed by atoms with Gasteiger partial charge in [-0.15, -0.1) is 0 Å². The van der Waals surface area contributed by atoms with E-state index in [1.807, 2.05) is 6.92 Å². The van der Waals surface area contributed by atoms with Crippen molar-refractivity contribution in [2.45, 2.75) is 6.92 Å². The van der Waals surface area contributed by atoms with Crippen molar-refractivity contribution >= 4 is 33.1 Å². The first-order valence-electron chi connectivity index (χ1n) is 4.51. The van der Waals surface area contributed by atoms with Gasteiger partial charge in [-0.2, -0.15) is 0 Å². The molecule has 1 aromatic heterocycles. The van der Waals surface area contributed by atoms with E-state index < -0.39 is 0 Å². The van der Waals surface area contributed by atoms with Gasteiger partial charge in [0.05, 0.1) is 9.99 Å². The topological polar surface area (TPSA) is 39.2 Å². The SMILES string of the molecule is Cc1cc(OF)nc2c(Br)c(C=O)ccc12. The minimum atomic E-state index is -0.117. The third-order valence-electron chi connectivity index (χ3n) is 2.34. The molecule has 1 heterocycles. The smallest absolute Gasteiger partial charge is 0.263 e. The highest BCUT2D eigenvalue weighted by molar-refractivity contribution is 9.10. The molecule has 0 saturated heterocycles. The van der Waals surface area contributed by atoms with E-state index in [2.05, 4.69) is 25.9 Å². The van der Waals surface area contributed by atoms with Crippen LogP contribution >= 0.6 is 15.9 Å². The lowest BCUT2D eigenvalue weighted by atomic mass is 10.1. The first-order chi connectivity index (χ1) is 7.67.